The lowest BCUT2D eigenvalue weighted by Gasteiger charge is -2.12. The Balaban J connectivity index is 2.11. The van der Waals surface area contributed by atoms with Crippen molar-refractivity contribution >= 4 is 5.82 Å². The molecule has 0 saturated carbocycles. The van der Waals surface area contributed by atoms with Crippen LogP contribution in [0.5, 0.6) is 17.4 Å². The lowest BCUT2D eigenvalue weighted by Crippen LogP contribution is -2.35. The Bertz CT molecular complexity index is 923. The number of aryl methyl sites for hydroxylation is 3. The van der Waals surface area contributed by atoms with Crippen molar-refractivity contribution in [2.24, 2.45) is 0 Å². The Kier molecular flexibility index (Phi) is 4.57. The predicted octanol–water partition coefficient (Wildman–Crippen LogP) is 3.67. The van der Waals surface area contributed by atoms with Gasteiger partial charge in [-0.1, -0.05) is 12.1 Å². The van der Waals surface area contributed by atoms with Crippen LogP contribution in [0.25, 0.3) is 5.69 Å². The molecular formula is C20H22N3O2+. The number of nitrogens with zero attached hydrogens (tertiary/aromatic N) is 2. The maximum atomic E-state index is 6.40. The topological polar surface area (TPSA) is 61.2 Å². The summed E-state index contributed by atoms with van der Waals surface area (Å²) in [4.78, 5) is 4.33. The molecule has 2 aromatic heterocycles. The van der Waals surface area contributed by atoms with E-state index in [2.05, 4.69) is 4.98 Å². The highest BCUT2D eigenvalue weighted by atomic mass is 16.5. The summed E-state index contributed by atoms with van der Waals surface area (Å²) in [5.74, 6) is 2.33. The number of methoxy groups -OCH3 is 1. The number of benzene rings is 1. The van der Waals surface area contributed by atoms with Crippen LogP contribution in [0, 0.1) is 20.8 Å². The number of aromatic nitrogens is 2. The summed E-state index contributed by atoms with van der Waals surface area (Å²) >= 11 is 0. The molecule has 3 rings (SSSR count). The summed E-state index contributed by atoms with van der Waals surface area (Å²) in [7, 11) is 1.60. The van der Waals surface area contributed by atoms with Crippen molar-refractivity contribution in [3.8, 4) is 23.1 Å². The summed E-state index contributed by atoms with van der Waals surface area (Å²) in [6.45, 7) is 6.00. The number of hydrogen-bond acceptors (Lipinski definition) is 4. The van der Waals surface area contributed by atoms with Gasteiger partial charge in [0.05, 0.1) is 13.3 Å². The van der Waals surface area contributed by atoms with Gasteiger partial charge in [-0.05, 0) is 61.7 Å². The van der Waals surface area contributed by atoms with E-state index >= 15 is 0 Å². The molecule has 0 bridgehead atoms. The molecule has 0 amide bonds. The molecule has 128 valence electrons. The van der Waals surface area contributed by atoms with Gasteiger partial charge in [-0.2, -0.15) is 4.57 Å². The van der Waals surface area contributed by atoms with Gasteiger partial charge in [0.1, 0.15) is 5.75 Å². The zero-order valence-electron chi connectivity index (χ0n) is 14.9. The van der Waals surface area contributed by atoms with E-state index in [1.807, 2.05) is 67.9 Å². The van der Waals surface area contributed by atoms with E-state index in [4.69, 9.17) is 15.2 Å². The summed E-state index contributed by atoms with van der Waals surface area (Å²) in [5.41, 5.74) is 10.3. The molecule has 0 saturated heterocycles. The van der Waals surface area contributed by atoms with E-state index in [9.17, 15) is 0 Å². The Labute approximate surface area is 147 Å². The average molecular weight is 336 g/mol. The molecule has 1 aromatic carbocycles. The van der Waals surface area contributed by atoms with E-state index in [0.717, 1.165) is 28.1 Å². The van der Waals surface area contributed by atoms with Crippen LogP contribution in [0.15, 0.2) is 48.8 Å². The fourth-order valence-corrected chi connectivity index (χ4v) is 2.67. The van der Waals surface area contributed by atoms with Gasteiger partial charge in [-0.3, -0.25) is 5.73 Å². The van der Waals surface area contributed by atoms with E-state index in [1.165, 1.54) is 0 Å². The minimum atomic E-state index is 0.484. The molecule has 25 heavy (non-hydrogen) atoms. The van der Waals surface area contributed by atoms with E-state index in [1.54, 1.807) is 13.3 Å². The molecule has 5 nitrogen and oxygen atoms in total. The van der Waals surface area contributed by atoms with E-state index < -0.39 is 0 Å². The first-order chi connectivity index (χ1) is 12.0. The third-order valence-electron chi connectivity index (χ3n) is 3.84. The van der Waals surface area contributed by atoms with Crippen molar-refractivity contribution in [1.82, 2.24) is 4.98 Å². The lowest BCUT2D eigenvalue weighted by molar-refractivity contribution is -0.581. The van der Waals surface area contributed by atoms with Crippen molar-refractivity contribution < 1.29 is 14.0 Å². The number of hydrogen-bond donors (Lipinski definition) is 1. The predicted molar refractivity (Wildman–Crippen MR) is 97.5 cm³/mol. The molecule has 0 aliphatic carbocycles. The van der Waals surface area contributed by atoms with Crippen LogP contribution >= 0.6 is 0 Å². The Morgan fingerprint density at radius 2 is 1.80 bits per heavy atom. The summed E-state index contributed by atoms with van der Waals surface area (Å²) < 4.78 is 13.3. The number of ether oxygens (including phenoxy) is 2. The van der Waals surface area contributed by atoms with Gasteiger partial charge in [0.15, 0.2) is 5.69 Å². The third-order valence-corrected chi connectivity index (χ3v) is 3.84. The highest BCUT2D eigenvalue weighted by molar-refractivity contribution is 5.48. The average Bonchev–Trinajstić information content (AvgIpc) is 2.58. The smallest absolute Gasteiger partial charge is 0.321 e. The highest BCUT2D eigenvalue weighted by Gasteiger charge is 2.20. The first-order valence-corrected chi connectivity index (χ1v) is 8.05. The van der Waals surface area contributed by atoms with Gasteiger partial charge in [-0.15, -0.1) is 0 Å². The minimum absolute atomic E-state index is 0.484. The largest absolute Gasteiger partial charge is 0.478 e. The monoisotopic (exact) mass is 336 g/mol. The molecule has 0 aliphatic rings. The van der Waals surface area contributed by atoms with E-state index in [-0.39, 0.29) is 0 Å². The Morgan fingerprint density at radius 1 is 1.00 bits per heavy atom. The zero-order chi connectivity index (χ0) is 18.0. The van der Waals surface area contributed by atoms with Crippen molar-refractivity contribution in [2.45, 2.75) is 20.8 Å². The van der Waals surface area contributed by atoms with Crippen LogP contribution in [-0.2, 0) is 0 Å². The van der Waals surface area contributed by atoms with Crippen LogP contribution in [-0.4, -0.2) is 12.1 Å². The lowest BCUT2D eigenvalue weighted by atomic mass is 10.2. The van der Waals surface area contributed by atoms with Crippen molar-refractivity contribution in [1.29, 1.82) is 0 Å². The van der Waals surface area contributed by atoms with Crippen LogP contribution in [0.1, 0.15) is 16.7 Å². The molecule has 0 fully saturated rings. The number of nitrogens with two attached hydrogens (primary N) is 1. The Morgan fingerprint density at radius 3 is 2.52 bits per heavy atom. The molecule has 2 N–H and O–H groups in total. The van der Waals surface area contributed by atoms with Crippen LogP contribution in [0.2, 0.25) is 0 Å². The van der Waals surface area contributed by atoms with Crippen molar-refractivity contribution in [3.63, 3.8) is 0 Å². The number of pyridine rings is 2. The van der Waals surface area contributed by atoms with Crippen molar-refractivity contribution in [2.75, 3.05) is 12.8 Å². The molecule has 0 unspecified atom stereocenters. The van der Waals surface area contributed by atoms with Crippen LogP contribution in [0.3, 0.4) is 0 Å². The second-order valence-electron chi connectivity index (χ2n) is 6.10. The maximum Gasteiger partial charge on any atom is 0.321 e. The first-order valence-electron chi connectivity index (χ1n) is 8.05. The Hall–Kier alpha value is -3.08. The van der Waals surface area contributed by atoms with Gasteiger partial charge < -0.3 is 9.47 Å². The summed E-state index contributed by atoms with van der Waals surface area (Å²) in [6.07, 6.45) is 3.70. The minimum Gasteiger partial charge on any atom is -0.478 e. The number of rotatable bonds is 4. The molecule has 0 atom stereocenters. The van der Waals surface area contributed by atoms with Gasteiger partial charge in [0.25, 0.3) is 5.88 Å². The summed E-state index contributed by atoms with van der Waals surface area (Å²) in [6, 6.07) is 11.8. The molecule has 2 heterocycles. The molecule has 0 spiro atoms. The second kappa shape index (κ2) is 6.81. The van der Waals surface area contributed by atoms with Gasteiger partial charge in [0.2, 0.25) is 5.75 Å². The molecule has 0 aliphatic heterocycles. The quantitative estimate of drug-likeness (QED) is 0.739. The fraction of sp³-hybridized carbons (Fsp3) is 0.200. The van der Waals surface area contributed by atoms with Crippen LogP contribution in [0.4, 0.5) is 5.82 Å². The molecular weight excluding hydrogens is 314 g/mol. The van der Waals surface area contributed by atoms with Gasteiger partial charge in [-0.25, -0.2) is 4.98 Å². The molecule has 5 heteroatoms. The van der Waals surface area contributed by atoms with Crippen LogP contribution < -0.4 is 19.8 Å². The highest BCUT2D eigenvalue weighted by Crippen LogP contribution is 2.28. The summed E-state index contributed by atoms with van der Waals surface area (Å²) in [5, 5.41) is 0. The fourth-order valence-electron chi connectivity index (χ4n) is 2.67. The first kappa shape index (κ1) is 16.8. The van der Waals surface area contributed by atoms with Crippen molar-refractivity contribution in [3.05, 3.63) is 65.5 Å². The zero-order valence-corrected chi connectivity index (χ0v) is 14.9. The maximum absolute atomic E-state index is 6.40. The van der Waals surface area contributed by atoms with E-state index in [0.29, 0.717) is 17.4 Å². The number of nitrogen functional groups attached to an aromatic ring is 1. The molecule has 3 aromatic rings. The third kappa shape index (κ3) is 3.55. The standard InChI is InChI=1S/C20H21N3O2/c1-13-6-5-7-16(8-13)25-18-10-15(3)12-23(19(18)21)17-9-14(2)11-22-20(17)24-4/h5-12,21H,1-4H3/p+1. The molecule has 0 radical (unpaired) electrons. The second-order valence-corrected chi connectivity index (χ2v) is 6.10. The normalized spacial score (nSPS) is 10.6. The van der Waals surface area contributed by atoms with Gasteiger partial charge >= 0.3 is 5.82 Å². The number of anilines is 1. The van der Waals surface area contributed by atoms with Gasteiger partial charge in [0, 0.05) is 6.20 Å². The SMILES string of the molecule is COc1ncc(C)cc1-[n+]1cc(C)cc(Oc2cccc(C)c2)c1N.